The van der Waals surface area contributed by atoms with E-state index < -0.39 is 78.7 Å². The van der Waals surface area contributed by atoms with Crippen LogP contribution in [0.25, 0.3) is 0 Å². The molecular weight excluding hydrogens is 1590 g/mol. The van der Waals surface area contributed by atoms with E-state index in [4.69, 9.17) is 57.3 Å². The van der Waals surface area contributed by atoms with Gasteiger partial charge in [-0.25, -0.2) is 51.6 Å². The molecule has 0 bridgehead atoms. The van der Waals surface area contributed by atoms with E-state index in [1.54, 1.807) is 73.6 Å². The van der Waals surface area contributed by atoms with Crippen LogP contribution in [0.5, 0.6) is 0 Å². The van der Waals surface area contributed by atoms with Crippen LogP contribution < -0.4 is 10.9 Å². The Bertz CT molecular complexity index is 4720. The summed E-state index contributed by atoms with van der Waals surface area (Å²) in [4.78, 5) is 10.7. The summed E-state index contributed by atoms with van der Waals surface area (Å²) in [6.07, 6.45) is -6.10. The number of benzene rings is 7. The van der Waals surface area contributed by atoms with Gasteiger partial charge < -0.3 is 5.73 Å². The molecule has 0 saturated heterocycles. The molecule has 0 fully saturated rings. The molecule has 0 aliphatic carbocycles. The van der Waals surface area contributed by atoms with Crippen LogP contribution in [-0.2, 0) is 96.0 Å². The summed E-state index contributed by atoms with van der Waals surface area (Å²) in [6, 6.07) is 33.7. The molecule has 7 aromatic carbocycles. The molecule has 0 spiro atoms. The third kappa shape index (κ3) is 36.7. The second-order valence-electron chi connectivity index (χ2n) is 28.6. The van der Waals surface area contributed by atoms with Gasteiger partial charge in [-0.15, -0.1) is 0 Å². The van der Waals surface area contributed by atoms with Gasteiger partial charge in [-0.3, -0.25) is 4.79 Å². The van der Waals surface area contributed by atoms with Crippen LogP contribution in [0, 0.1) is 5.82 Å². The SMILES string of the molecule is CC(=O)Cc1ccc(C(C)C)c(Cl)c1.CC(C)c1ccc(CS(=O)(=O)C(C)C)cc1Cl.CC(C)c1ccc(CS(C)(=O)=O)cc1C(F)(F)F.CC(C)c1ccc(CS(C)(=O)=O)cc1Cl.CC(C)c1ccc(N)cc1C(F)(F)F.CC(C)c1ccc(S(N)(=O)=O)cc1F.CCS(=O)(=O)Cc1ccc(C(C)C)c(Cl)c1. The minimum absolute atomic E-state index is 0.0181. The number of carbonyl (C=O) groups excluding carboxylic acids is 1. The molecule has 0 atom stereocenters. The zero-order valence-electron chi connectivity index (χ0n) is 64.8. The second-order valence-corrected chi connectivity index (χ2v) is 40.9. The highest BCUT2D eigenvalue weighted by Gasteiger charge is 2.35. The lowest BCUT2D eigenvalue weighted by atomic mass is 9.95. The molecule has 0 aliphatic heterocycles. The van der Waals surface area contributed by atoms with Crippen molar-refractivity contribution in [1.29, 1.82) is 0 Å². The van der Waals surface area contributed by atoms with Crippen LogP contribution >= 0.6 is 46.4 Å². The fourth-order valence-corrected chi connectivity index (χ4v) is 15.8. The highest BCUT2D eigenvalue weighted by atomic mass is 35.5. The third-order valence-electron chi connectivity index (χ3n) is 15.9. The Morgan fingerprint density at radius 2 is 0.685 bits per heavy atom. The standard InChI is InChI=1S/C13H19ClO2S.C12H17ClO2S.C12H15ClO.C12H15F3O2S.C11H15ClO2S.C10H12F3N.C9H12FNO2S/c1-9(2)12-6-5-11(7-13(12)14)8-17(15,16)10(3)4;1-4-16(14,15)8-10-5-6-11(9(2)3)12(13)7-10;1-8(2)11-5-4-10(6-9(3)14)7-12(11)13;1-8(2)10-5-4-9(7-18(3,16)17)6-11(10)12(13,14)15;1-8(2)10-5-4-9(6-11(10)12)7-15(3,13)14;1-6(2)8-4-3-7(14)5-9(8)10(11,12)13;1-6(2)8-4-3-7(5-9(8)10)14(11,12)13/h5-7,9-10H,8H2,1-4H3;5-7,9H,4,8H2,1-3H3;4-5,7-8H,6H2,1-3H3;4-6,8H,7H2,1-3H3;4-6,8H,7H2,1-3H3;3-6H,14H2,1-2H3;3-6H,1-2H3,(H2,11,12,13). The number of halogens is 11. The highest BCUT2D eigenvalue weighted by molar-refractivity contribution is 7.91. The topological polar surface area (TPSA) is 240 Å². The summed E-state index contributed by atoms with van der Waals surface area (Å²) < 4.78 is 202. The Morgan fingerprint density at radius 3 is 0.972 bits per heavy atom. The van der Waals surface area contributed by atoms with Gasteiger partial charge >= 0.3 is 12.4 Å². The largest absolute Gasteiger partial charge is 0.416 e. The van der Waals surface area contributed by atoms with E-state index in [1.165, 1.54) is 42.7 Å². The molecule has 13 nitrogen and oxygen atoms in total. The Morgan fingerprint density at radius 1 is 0.398 bits per heavy atom. The molecule has 0 heterocycles. The van der Waals surface area contributed by atoms with Crippen molar-refractivity contribution in [3.05, 3.63) is 231 Å². The lowest BCUT2D eigenvalue weighted by Gasteiger charge is -2.16. The number of hydrogen-bond donors (Lipinski definition) is 2. The summed E-state index contributed by atoms with van der Waals surface area (Å²) >= 11 is 24.4. The van der Waals surface area contributed by atoms with Crippen molar-refractivity contribution in [2.75, 3.05) is 24.0 Å². The number of sulfonamides is 1. The van der Waals surface area contributed by atoms with Crippen LogP contribution in [0.3, 0.4) is 0 Å². The van der Waals surface area contributed by atoms with Gasteiger partial charge in [-0.2, -0.15) is 26.3 Å². The summed E-state index contributed by atoms with van der Waals surface area (Å²) in [6.45, 7) is 33.6. The number of nitrogens with two attached hydrogens (primary N) is 2. The lowest BCUT2D eigenvalue weighted by Crippen LogP contribution is -2.16. The quantitative estimate of drug-likeness (QED) is 0.0535. The number of Topliss-reactive ketones (excluding diaryl/α,β-unsaturated/α-hetero) is 1. The van der Waals surface area contributed by atoms with Crippen LogP contribution in [0.4, 0.5) is 36.4 Å². The van der Waals surface area contributed by atoms with Gasteiger partial charge in [0.15, 0.2) is 39.3 Å². The molecule has 0 aliphatic rings. The van der Waals surface area contributed by atoms with E-state index in [-0.39, 0.29) is 84.8 Å². The maximum Gasteiger partial charge on any atom is 0.416 e. The number of rotatable bonds is 20. The average molecular weight is 1690 g/mol. The first-order valence-electron chi connectivity index (χ1n) is 34.4. The molecule has 0 amide bonds. The molecule has 4 N–H and O–H groups in total. The van der Waals surface area contributed by atoms with Gasteiger partial charge in [0.05, 0.1) is 44.3 Å². The summed E-state index contributed by atoms with van der Waals surface area (Å²) in [5.74, 6) is 0.650. The van der Waals surface area contributed by atoms with E-state index in [2.05, 4.69) is 55.4 Å². The first-order valence-corrected chi connectivity index (χ1v) is 45.1. The second kappa shape index (κ2) is 43.4. The lowest BCUT2D eigenvalue weighted by molar-refractivity contribution is -0.139. The van der Waals surface area contributed by atoms with Crippen molar-refractivity contribution in [3.8, 4) is 0 Å². The van der Waals surface area contributed by atoms with Crippen molar-refractivity contribution in [1.82, 2.24) is 0 Å². The van der Waals surface area contributed by atoms with Gasteiger partial charge in [0.2, 0.25) is 10.0 Å². The number of nitrogen functional groups attached to an aromatic ring is 1. The summed E-state index contributed by atoms with van der Waals surface area (Å²) in [5, 5.41) is 7.21. The molecule has 7 aromatic rings. The van der Waals surface area contributed by atoms with Crippen molar-refractivity contribution in [2.45, 2.75) is 218 Å². The van der Waals surface area contributed by atoms with E-state index in [1.807, 2.05) is 68.4 Å². The van der Waals surface area contributed by atoms with Crippen molar-refractivity contribution < 1.29 is 77.6 Å². The zero-order chi connectivity index (χ0) is 83.9. The van der Waals surface area contributed by atoms with Crippen molar-refractivity contribution in [3.63, 3.8) is 0 Å². The molecule has 0 unspecified atom stereocenters. The molecule has 0 saturated carbocycles. The number of primary sulfonamides is 1. The van der Waals surface area contributed by atoms with Gasteiger partial charge in [0.25, 0.3) is 0 Å². The van der Waals surface area contributed by atoms with Gasteiger partial charge in [0, 0.05) is 50.5 Å². The molecule has 0 aromatic heterocycles. The number of hydrogen-bond acceptors (Lipinski definition) is 12. The molecule has 604 valence electrons. The molecule has 29 heteroatoms. The molecule has 108 heavy (non-hydrogen) atoms. The smallest absolute Gasteiger partial charge is 0.399 e. The Balaban J connectivity index is 0.000000631. The van der Waals surface area contributed by atoms with Crippen LogP contribution in [0.15, 0.2) is 132 Å². The number of alkyl halides is 6. The molecular formula is C79H105Cl4F7N2O11S5. The molecule has 0 radical (unpaired) electrons. The Labute approximate surface area is 658 Å². The third-order valence-corrected chi connectivity index (χ3v) is 23.7. The van der Waals surface area contributed by atoms with Crippen LogP contribution in [0.1, 0.15) is 244 Å². The number of carbonyl (C=O) groups is 1. The number of anilines is 1. The average Bonchev–Trinajstić information content (AvgIpc) is 0.823. The normalized spacial score (nSPS) is 12.1. The van der Waals surface area contributed by atoms with Gasteiger partial charge in [-0.1, -0.05) is 223 Å². The van der Waals surface area contributed by atoms with Gasteiger partial charge in [-0.05, 0) is 184 Å². The summed E-state index contributed by atoms with van der Waals surface area (Å²) in [5.41, 5.74) is 12.7. The fourth-order valence-electron chi connectivity index (χ4n) is 10.1. The predicted molar refractivity (Wildman–Crippen MR) is 432 cm³/mol. The predicted octanol–water partition coefficient (Wildman–Crippen LogP) is 22.2. The first-order chi connectivity index (χ1) is 49.0. The minimum atomic E-state index is -4.47. The van der Waals surface area contributed by atoms with Gasteiger partial charge in [0.1, 0.15) is 11.6 Å². The van der Waals surface area contributed by atoms with Crippen LogP contribution in [-0.4, -0.2) is 71.4 Å². The van der Waals surface area contributed by atoms with Crippen molar-refractivity contribution >= 4 is 107 Å². The van der Waals surface area contributed by atoms with E-state index in [0.29, 0.717) is 50.7 Å². The number of ketones is 1. The van der Waals surface area contributed by atoms with E-state index >= 15 is 0 Å². The molecule has 7 rings (SSSR count). The summed E-state index contributed by atoms with van der Waals surface area (Å²) in [7, 11) is -16.2. The highest BCUT2D eigenvalue weighted by Crippen LogP contribution is 2.38. The van der Waals surface area contributed by atoms with Crippen LogP contribution in [0.2, 0.25) is 20.1 Å². The van der Waals surface area contributed by atoms with E-state index in [9.17, 15) is 77.6 Å². The maximum absolute atomic E-state index is 13.3. The maximum atomic E-state index is 13.3. The Kier molecular flexibility index (Phi) is 40.4. The van der Waals surface area contributed by atoms with E-state index in [0.717, 1.165) is 74.0 Å². The van der Waals surface area contributed by atoms with Crippen molar-refractivity contribution in [2.24, 2.45) is 5.14 Å². The number of sulfone groups is 4. The monoisotopic (exact) mass is 1690 g/mol. The minimum Gasteiger partial charge on any atom is -0.399 e. The fraction of sp³-hybridized carbons (Fsp3) is 0.456. The zero-order valence-corrected chi connectivity index (χ0v) is 71.9. The Hall–Kier alpha value is -5.61. The first kappa shape index (κ1) is 100.